The highest BCUT2D eigenvalue weighted by Crippen LogP contribution is 2.46. The van der Waals surface area contributed by atoms with E-state index in [1.54, 1.807) is 14.2 Å². The molecule has 162 valence electrons. The van der Waals surface area contributed by atoms with Crippen molar-refractivity contribution in [1.82, 2.24) is 0 Å². The van der Waals surface area contributed by atoms with Gasteiger partial charge in [0, 0.05) is 5.92 Å². The van der Waals surface area contributed by atoms with Gasteiger partial charge in [0.25, 0.3) is 0 Å². The average molecular weight is 425 g/mol. The Morgan fingerprint density at radius 1 is 0.844 bits per heavy atom. The summed E-state index contributed by atoms with van der Waals surface area (Å²) < 4.78 is 10.7. The highest BCUT2D eigenvalue weighted by Gasteiger charge is 2.41. The molecule has 0 radical (unpaired) electrons. The van der Waals surface area contributed by atoms with E-state index in [0.29, 0.717) is 5.92 Å². The van der Waals surface area contributed by atoms with Gasteiger partial charge in [0.2, 0.25) is 0 Å². The van der Waals surface area contributed by atoms with Gasteiger partial charge in [-0.15, -0.1) is 0 Å². The second-order valence-electron chi connectivity index (χ2n) is 8.32. The summed E-state index contributed by atoms with van der Waals surface area (Å²) in [5.41, 5.74) is 6.13. The third kappa shape index (κ3) is 3.89. The molecule has 1 saturated carbocycles. The van der Waals surface area contributed by atoms with Crippen molar-refractivity contribution in [3.63, 3.8) is 0 Å². The standard InChI is InChI=1S/C28H28N2O2/c1-31-24-15-11-20(12-16-24)19-22-7-6-10-26-27(22)29-30(23-8-4-3-5-9-23)28(26)21-13-17-25(32-2)18-14-21/h3-5,8-9,11-19,26,28H,6-7,10H2,1-2H3/b22-19+/t26-,28+/m0/s1. The first-order chi connectivity index (χ1) is 15.8. The summed E-state index contributed by atoms with van der Waals surface area (Å²) >= 11 is 0. The van der Waals surface area contributed by atoms with Crippen LogP contribution in [0.3, 0.4) is 0 Å². The number of benzene rings is 3. The number of para-hydroxylation sites is 1. The number of hydrogen-bond donors (Lipinski definition) is 0. The average Bonchev–Trinajstić information content (AvgIpc) is 3.26. The molecule has 0 saturated heterocycles. The zero-order valence-corrected chi connectivity index (χ0v) is 18.6. The summed E-state index contributed by atoms with van der Waals surface area (Å²) in [5.74, 6) is 2.12. The van der Waals surface area contributed by atoms with Crippen molar-refractivity contribution in [2.75, 3.05) is 19.2 Å². The topological polar surface area (TPSA) is 34.1 Å². The summed E-state index contributed by atoms with van der Waals surface area (Å²) in [7, 11) is 3.41. The van der Waals surface area contributed by atoms with Gasteiger partial charge in [-0.2, -0.15) is 5.10 Å². The molecular weight excluding hydrogens is 396 g/mol. The van der Waals surface area contributed by atoms with E-state index < -0.39 is 0 Å². The lowest BCUT2D eigenvalue weighted by Gasteiger charge is -2.30. The van der Waals surface area contributed by atoms with Crippen molar-refractivity contribution in [3.05, 3.63) is 95.6 Å². The first-order valence-corrected chi connectivity index (χ1v) is 11.2. The molecule has 0 amide bonds. The number of hydrazone groups is 1. The molecule has 2 atom stereocenters. The van der Waals surface area contributed by atoms with E-state index in [4.69, 9.17) is 14.6 Å². The van der Waals surface area contributed by atoms with Crippen molar-refractivity contribution in [3.8, 4) is 11.5 Å². The Morgan fingerprint density at radius 3 is 2.16 bits per heavy atom. The number of nitrogens with zero attached hydrogens (tertiary/aromatic N) is 2. The molecule has 4 heteroatoms. The monoisotopic (exact) mass is 424 g/mol. The smallest absolute Gasteiger partial charge is 0.118 e. The predicted octanol–water partition coefficient (Wildman–Crippen LogP) is 6.50. The second kappa shape index (κ2) is 8.91. The summed E-state index contributed by atoms with van der Waals surface area (Å²) in [6, 6.07) is 27.4. The van der Waals surface area contributed by atoms with Crippen LogP contribution in [0.25, 0.3) is 6.08 Å². The molecule has 3 aromatic carbocycles. The minimum absolute atomic E-state index is 0.179. The van der Waals surface area contributed by atoms with E-state index in [1.165, 1.54) is 28.8 Å². The van der Waals surface area contributed by atoms with Crippen LogP contribution in [-0.4, -0.2) is 19.9 Å². The minimum Gasteiger partial charge on any atom is -0.497 e. The quantitative estimate of drug-likeness (QED) is 0.468. The number of allylic oxidation sites excluding steroid dienone is 1. The minimum atomic E-state index is 0.179. The summed E-state index contributed by atoms with van der Waals surface area (Å²) in [6.07, 6.45) is 5.66. The largest absolute Gasteiger partial charge is 0.497 e. The Labute approximate surface area is 189 Å². The summed E-state index contributed by atoms with van der Waals surface area (Å²) in [6.45, 7) is 0. The van der Waals surface area contributed by atoms with Crippen molar-refractivity contribution < 1.29 is 9.47 Å². The summed E-state index contributed by atoms with van der Waals surface area (Å²) in [5, 5.41) is 7.44. The van der Waals surface area contributed by atoms with Crippen LogP contribution in [-0.2, 0) is 0 Å². The zero-order chi connectivity index (χ0) is 21.9. The highest BCUT2D eigenvalue weighted by atomic mass is 16.5. The highest BCUT2D eigenvalue weighted by molar-refractivity contribution is 6.08. The van der Waals surface area contributed by atoms with E-state index in [-0.39, 0.29) is 6.04 Å². The number of ether oxygens (including phenoxy) is 2. The van der Waals surface area contributed by atoms with E-state index in [0.717, 1.165) is 30.0 Å². The van der Waals surface area contributed by atoms with E-state index in [9.17, 15) is 0 Å². The lowest BCUT2D eigenvalue weighted by molar-refractivity contribution is 0.414. The molecule has 0 unspecified atom stereocenters. The van der Waals surface area contributed by atoms with E-state index >= 15 is 0 Å². The Balaban J connectivity index is 1.54. The molecule has 1 heterocycles. The molecule has 1 fully saturated rings. The van der Waals surface area contributed by atoms with Gasteiger partial charge in [0.1, 0.15) is 11.5 Å². The number of hydrogen-bond acceptors (Lipinski definition) is 4. The van der Waals surface area contributed by atoms with Gasteiger partial charge in [-0.3, -0.25) is 5.01 Å². The van der Waals surface area contributed by atoms with Gasteiger partial charge in [-0.25, -0.2) is 0 Å². The third-order valence-corrected chi connectivity index (χ3v) is 6.44. The Hall–Kier alpha value is -3.53. The third-order valence-electron chi connectivity index (χ3n) is 6.44. The normalized spacial score (nSPS) is 21.2. The molecule has 0 N–H and O–H groups in total. The van der Waals surface area contributed by atoms with Crippen LogP contribution in [0, 0.1) is 5.92 Å². The SMILES string of the molecule is COc1ccc(/C=C2\CCC[C@H]3C2=NN(c2ccccc2)[C@@H]3c2ccc(OC)cc2)cc1. The van der Waals surface area contributed by atoms with Crippen LogP contribution in [0.4, 0.5) is 5.69 Å². The molecule has 1 aliphatic carbocycles. The molecule has 4 nitrogen and oxygen atoms in total. The predicted molar refractivity (Wildman–Crippen MR) is 130 cm³/mol. The Kier molecular flexibility index (Phi) is 5.68. The maximum atomic E-state index is 5.39. The van der Waals surface area contributed by atoms with Gasteiger partial charge in [0.05, 0.1) is 31.7 Å². The number of rotatable bonds is 5. The van der Waals surface area contributed by atoms with Crippen molar-refractivity contribution in [1.29, 1.82) is 0 Å². The van der Waals surface area contributed by atoms with Crippen LogP contribution in [0.5, 0.6) is 11.5 Å². The van der Waals surface area contributed by atoms with Gasteiger partial charge in [-0.1, -0.05) is 42.5 Å². The maximum Gasteiger partial charge on any atom is 0.118 e. The van der Waals surface area contributed by atoms with E-state index in [2.05, 4.69) is 65.7 Å². The van der Waals surface area contributed by atoms with Crippen LogP contribution in [0.1, 0.15) is 36.4 Å². The first kappa shape index (κ1) is 20.4. The van der Waals surface area contributed by atoms with Crippen LogP contribution < -0.4 is 14.5 Å². The molecule has 1 aliphatic heterocycles. The molecule has 2 aliphatic rings. The molecule has 0 spiro atoms. The molecule has 32 heavy (non-hydrogen) atoms. The lowest BCUT2D eigenvalue weighted by Crippen LogP contribution is -2.28. The van der Waals surface area contributed by atoms with Crippen molar-refractivity contribution in [2.24, 2.45) is 11.0 Å². The van der Waals surface area contributed by atoms with Gasteiger partial charge < -0.3 is 9.47 Å². The van der Waals surface area contributed by atoms with Crippen LogP contribution in [0.2, 0.25) is 0 Å². The molecule has 0 aromatic heterocycles. The lowest BCUT2D eigenvalue weighted by atomic mass is 9.77. The van der Waals surface area contributed by atoms with E-state index in [1.807, 2.05) is 24.3 Å². The molecular formula is C28H28N2O2. The summed E-state index contributed by atoms with van der Waals surface area (Å²) in [4.78, 5) is 0. The molecule has 3 aromatic rings. The van der Waals surface area contributed by atoms with Crippen molar-refractivity contribution in [2.45, 2.75) is 25.3 Å². The van der Waals surface area contributed by atoms with Gasteiger partial charge in [-0.05, 0) is 78.4 Å². The van der Waals surface area contributed by atoms with Crippen molar-refractivity contribution >= 4 is 17.5 Å². The number of methoxy groups -OCH3 is 2. The molecule has 0 bridgehead atoms. The number of fused-ring (bicyclic) bond motifs is 1. The zero-order valence-electron chi connectivity index (χ0n) is 18.6. The Bertz CT molecular complexity index is 1120. The first-order valence-electron chi connectivity index (χ1n) is 11.2. The molecule has 5 rings (SSSR count). The van der Waals surface area contributed by atoms with Crippen LogP contribution in [0.15, 0.2) is 89.5 Å². The maximum absolute atomic E-state index is 5.39. The van der Waals surface area contributed by atoms with Crippen LogP contribution >= 0.6 is 0 Å². The second-order valence-corrected chi connectivity index (χ2v) is 8.32. The fraction of sp³-hybridized carbons (Fsp3) is 0.250. The fourth-order valence-electron chi connectivity index (χ4n) is 4.83. The van der Waals surface area contributed by atoms with Gasteiger partial charge >= 0.3 is 0 Å². The number of anilines is 1. The van der Waals surface area contributed by atoms with Gasteiger partial charge in [0.15, 0.2) is 0 Å². The fourth-order valence-corrected chi connectivity index (χ4v) is 4.83. The Morgan fingerprint density at radius 2 is 1.50 bits per heavy atom.